The number of pyridine rings is 2. The first-order chi connectivity index (χ1) is 18.1. The highest BCUT2D eigenvalue weighted by atomic mass is 35.5. The van der Waals surface area contributed by atoms with E-state index in [1.165, 1.54) is 0 Å². The summed E-state index contributed by atoms with van der Waals surface area (Å²) in [7, 11) is 1.76. The van der Waals surface area contributed by atoms with Gasteiger partial charge < -0.3 is 4.57 Å². The highest BCUT2D eigenvalue weighted by Crippen LogP contribution is 2.32. The Hall–Kier alpha value is -4.75. The lowest BCUT2D eigenvalue weighted by molar-refractivity contribution is 0.845. The summed E-state index contributed by atoms with van der Waals surface area (Å²) in [5.41, 5.74) is 6.54. The number of benzene rings is 3. The van der Waals surface area contributed by atoms with E-state index >= 15 is 0 Å². The lowest BCUT2D eigenvalue weighted by atomic mass is 10.0. The molecule has 0 bridgehead atoms. The van der Waals surface area contributed by atoms with Crippen molar-refractivity contribution >= 4 is 44.4 Å². The molecule has 37 heavy (non-hydrogen) atoms. The second-order valence-corrected chi connectivity index (χ2v) is 9.33. The van der Waals surface area contributed by atoms with E-state index in [1.54, 1.807) is 41.0 Å². The molecule has 0 saturated carbocycles. The molecule has 0 unspecified atom stereocenters. The lowest BCUT2D eigenvalue weighted by Crippen LogP contribution is -2.20. The van der Waals surface area contributed by atoms with Crippen LogP contribution in [0.4, 0.5) is 0 Å². The van der Waals surface area contributed by atoms with Gasteiger partial charge >= 0.3 is 5.69 Å². The van der Waals surface area contributed by atoms with E-state index in [9.17, 15) is 4.79 Å². The minimum Gasteiger partial charge on any atom is -0.305 e. The fourth-order valence-corrected chi connectivity index (χ4v) is 5.16. The van der Waals surface area contributed by atoms with Gasteiger partial charge in [0.1, 0.15) is 0 Å². The highest BCUT2D eigenvalue weighted by Gasteiger charge is 2.18. The third-order valence-electron chi connectivity index (χ3n) is 6.78. The van der Waals surface area contributed by atoms with Crippen molar-refractivity contribution in [2.75, 3.05) is 0 Å². The SMILES string of the molecule is Cn1c(=O)n(-c2ccc(-n3ccnc3)c(Cl)c2)c2c3cc(-c4cnc5ccccc5c4)ccc3ncc21. The van der Waals surface area contributed by atoms with Gasteiger partial charge in [-0.2, -0.15) is 0 Å². The van der Waals surface area contributed by atoms with Gasteiger partial charge in [-0.15, -0.1) is 0 Å². The van der Waals surface area contributed by atoms with Crippen LogP contribution in [-0.2, 0) is 7.05 Å². The van der Waals surface area contributed by atoms with Crippen molar-refractivity contribution in [3.8, 4) is 22.5 Å². The minimum absolute atomic E-state index is 0.173. The number of aryl methyl sites for hydroxylation is 1. The van der Waals surface area contributed by atoms with E-state index in [1.807, 2.05) is 59.4 Å². The van der Waals surface area contributed by atoms with Gasteiger partial charge in [-0.25, -0.2) is 9.78 Å². The second kappa shape index (κ2) is 8.15. The van der Waals surface area contributed by atoms with Gasteiger partial charge in [-0.05, 0) is 48.0 Å². The number of rotatable bonds is 3. The topological polar surface area (TPSA) is 70.5 Å². The van der Waals surface area contributed by atoms with Crippen LogP contribution in [0.2, 0.25) is 5.02 Å². The molecule has 4 aromatic heterocycles. The van der Waals surface area contributed by atoms with Crippen LogP contribution in [0, 0.1) is 0 Å². The van der Waals surface area contributed by atoms with Crippen molar-refractivity contribution < 1.29 is 0 Å². The summed E-state index contributed by atoms with van der Waals surface area (Å²) in [5, 5.41) is 2.46. The fraction of sp³-hybridized carbons (Fsp3) is 0.0345. The Morgan fingerprint density at radius 3 is 2.57 bits per heavy atom. The molecule has 8 heteroatoms. The maximum atomic E-state index is 13.5. The van der Waals surface area contributed by atoms with Crippen molar-refractivity contribution in [1.29, 1.82) is 0 Å². The number of hydrogen-bond donors (Lipinski definition) is 0. The van der Waals surface area contributed by atoms with Crippen LogP contribution in [0.25, 0.3) is 55.3 Å². The third kappa shape index (κ3) is 3.36. The van der Waals surface area contributed by atoms with E-state index in [-0.39, 0.29) is 5.69 Å². The zero-order chi connectivity index (χ0) is 25.1. The summed E-state index contributed by atoms with van der Waals surface area (Å²) in [4.78, 5) is 26.9. The molecule has 0 amide bonds. The smallest absolute Gasteiger partial charge is 0.305 e. The number of halogens is 1. The maximum Gasteiger partial charge on any atom is 0.333 e. The standard InChI is InChI=1S/C29H19ClN6O/c1-34-27-16-33-25-8-6-18(20-12-19-4-2-3-5-24(19)32-15-20)13-22(25)28(27)36(29(34)37)21-7-9-26(23(30)14-21)35-11-10-31-17-35/h2-17H,1H3. The molecule has 4 heterocycles. The van der Waals surface area contributed by atoms with Crippen LogP contribution in [0.3, 0.4) is 0 Å². The minimum atomic E-state index is -0.173. The number of fused-ring (bicyclic) bond motifs is 4. The normalized spacial score (nSPS) is 11.6. The highest BCUT2D eigenvalue weighted by molar-refractivity contribution is 6.32. The molecule has 7 rings (SSSR count). The van der Waals surface area contributed by atoms with E-state index in [4.69, 9.17) is 11.6 Å². The molecule has 0 aliphatic rings. The Kier molecular flexibility index (Phi) is 4.74. The van der Waals surface area contributed by atoms with Crippen molar-refractivity contribution in [2.45, 2.75) is 0 Å². The summed E-state index contributed by atoms with van der Waals surface area (Å²) in [6, 6.07) is 21.9. The Labute approximate surface area is 215 Å². The lowest BCUT2D eigenvalue weighted by Gasteiger charge is -2.11. The first kappa shape index (κ1) is 21.5. The van der Waals surface area contributed by atoms with Crippen LogP contribution in [-0.4, -0.2) is 28.7 Å². The van der Waals surface area contributed by atoms with Crippen LogP contribution in [0.5, 0.6) is 0 Å². The van der Waals surface area contributed by atoms with E-state index in [0.29, 0.717) is 10.7 Å². The fourth-order valence-electron chi connectivity index (χ4n) is 4.89. The summed E-state index contributed by atoms with van der Waals surface area (Å²) < 4.78 is 5.15. The largest absolute Gasteiger partial charge is 0.333 e. The average Bonchev–Trinajstić information content (AvgIpc) is 3.55. The van der Waals surface area contributed by atoms with Gasteiger partial charge in [0.05, 0.1) is 51.0 Å². The molecule has 0 saturated heterocycles. The quantitative estimate of drug-likeness (QED) is 0.300. The molecule has 0 N–H and O–H groups in total. The molecular weight excluding hydrogens is 484 g/mol. The molecule has 0 spiro atoms. The van der Waals surface area contributed by atoms with E-state index in [0.717, 1.165) is 49.7 Å². The Morgan fingerprint density at radius 2 is 1.73 bits per heavy atom. The predicted molar refractivity (Wildman–Crippen MR) is 147 cm³/mol. The number of nitrogens with zero attached hydrogens (tertiary/aromatic N) is 6. The molecule has 7 nitrogen and oxygen atoms in total. The van der Waals surface area contributed by atoms with Crippen molar-refractivity contribution in [3.63, 3.8) is 0 Å². The number of para-hydroxylation sites is 1. The first-order valence-corrected chi connectivity index (χ1v) is 12.1. The van der Waals surface area contributed by atoms with Crippen LogP contribution in [0.1, 0.15) is 0 Å². The second-order valence-electron chi connectivity index (χ2n) is 8.92. The van der Waals surface area contributed by atoms with Crippen molar-refractivity contribution in [1.82, 2.24) is 28.7 Å². The van der Waals surface area contributed by atoms with Crippen molar-refractivity contribution in [3.05, 3.63) is 113 Å². The van der Waals surface area contributed by atoms with Crippen molar-refractivity contribution in [2.24, 2.45) is 7.05 Å². The Balaban J connectivity index is 1.47. The third-order valence-corrected chi connectivity index (χ3v) is 7.08. The zero-order valence-corrected chi connectivity index (χ0v) is 20.5. The number of hydrogen-bond acceptors (Lipinski definition) is 4. The zero-order valence-electron chi connectivity index (χ0n) is 19.7. The molecule has 0 atom stereocenters. The maximum absolute atomic E-state index is 13.5. The van der Waals surface area contributed by atoms with Gasteiger partial charge in [-0.3, -0.25) is 19.1 Å². The Bertz CT molecular complexity index is 2040. The Morgan fingerprint density at radius 1 is 0.865 bits per heavy atom. The molecule has 0 radical (unpaired) electrons. The van der Waals surface area contributed by atoms with Gasteiger partial charge in [0.15, 0.2) is 0 Å². The summed E-state index contributed by atoms with van der Waals surface area (Å²) in [6.07, 6.45) is 8.83. The molecule has 0 fully saturated rings. The van der Waals surface area contributed by atoms with Gasteiger partial charge in [0.25, 0.3) is 0 Å². The van der Waals surface area contributed by atoms with Gasteiger partial charge in [0.2, 0.25) is 0 Å². The summed E-state index contributed by atoms with van der Waals surface area (Å²) in [6.45, 7) is 0. The van der Waals surface area contributed by atoms with Crippen LogP contribution in [0.15, 0.2) is 103 Å². The summed E-state index contributed by atoms with van der Waals surface area (Å²) >= 11 is 6.66. The van der Waals surface area contributed by atoms with Crippen LogP contribution < -0.4 is 5.69 Å². The predicted octanol–water partition coefficient (Wildman–Crippen LogP) is 5.93. The summed E-state index contributed by atoms with van der Waals surface area (Å²) in [5.74, 6) is 0. The number of aromatic nitrogens is 6. The number of imidazole rings is 2. The van der Waals surface area contributed by atoms with Crippen LogP contribution >= 0.6 is 11.6 Å². The molecule has 178 valence electrons. The first-order valence-electron chi connectivity index (χ1n) is 11.7. The average molecular weight is 503 g/mol. The van der Waals surface area contributed by atoms with Gasteiger partial charge in [0, 0.05) is 42.0 Å². The molecule has 0 aliphatic heterocycles. The monoisotopic (exact) mass is 502 g/mol. The molecular formula is C29H19ClN6O. The van der Waals surface area contributed by atoms with E-state index < -0.39 is 0 Å². The van der Waals surface area contributed by atoms with E-state index in [2.05, 4.69) is 33.2 Å². The van der Waals surface area contributed by atoms with Gasteiger partial charge in [-0.1, -0.05) is 35.9 Å². The molecule has 3 aromatic carbocycles. The molecule has 7 aromatic rings. The molecule has 0 aliphatic carbocycles.